The van der Waals surface area contributed by atoms with Gasteiger partial charge in [-0.25, -0.2) is 4.79 Å². The van der Waals surface area contributed by atoms with Gasteiger partial charge in [-0.3, -0.25) is 0 Å². The number of aromatic carboxylic acids is 1. The Morgan fingerprint density at radius 3 is 2.78 bits per heavy atom. The van der Waals surface area contributed by atoms with Crippen LogP contribution in [-0.4, -0.2) is 11.1 Å². The highest BCUT2D eigenvalue weighted by Gasteiger charge is 2.06. The first-order chi connectivity index (χ1) is 8.56. The van der Waals surface area contributed by atoms with E-state index >= 15 is 0 Å². The first kappa shape index (κ1) is 12.9. The molecule has 1 heterocycles. The van der Waals surface area contributed by atoms with Gasteiger partial charge in [0.25, 0.3) is 0 Å². The SMILES string of the molecule is Cc1ccc(C(=O)O)cc1NCc1ccc(Cl)s1. The molecule has 0 bridgehead atoms. The standard InChI is InChI=1S/C13H12ClNO2S/c1-8-2-3-9(13(16)17)6-11(8)15-7-10-4-5-12(14)18-10/h2-6,15H,7H2,1H3,(H,16,17). The van der Waals surface area contributed by atoms with E-state index in [1.807, 2.05) is 19.1 Å². The molecule has 0 spiro atoms. The van der Waals surface area contributed by atoms with E-state index in [-0.39, 0.29) is 5.56 Å². The number of carbonyl (C=O) groups is 1. The zero-order chi connectivity index (χ0) is 13.1. The maximum Gasteiger partial charge on any atom is 0.335 e. The van der Waals surface area contributed by atoms with Crippen molar-refractivity contribution in [3.8, 4) is 0 Å². The number of halogens is 1. The number of rotatable bonds is 4. The Kier molecular flexibility index (Phi) is 3.89. The quantitative estimate of drug-likeness (QED) is 0.890. The molecule has 0 aliphatic rings. The van der Waals surface area contributed by atoms with Crippen LogP contribution in [0.4, 0.5) is 5.69 Å². The summed E-state index contributed by atoms with van der Waals surface area (Å²) in [5.74, 6) is -0.919. The molecule has 0 unspecified atom stereocenters. The summed E-state index contributed by atoms with van der Waals surface area (Å²) >= 11 is 7.36. The lowest BCUT2D eigenvalue weighted by molar-refractivity contribution is 0.0697. The average Bonchev–Trinajstić information content (AvgIpc) is 2.74. The summed E-state index contributed by atoms with van der Waals surface area (Å²) < 4.78 is 0.753. The molecule has 0 atom stereocenters. The molecule has 18 heavy (non-hydrogen) atoms. The molecule has 0 aliphatic heterocycles. The second-order valence-corrected chi connectivity index (χ2v) is 5.69. The number of thiophene rings is 1. The van der Waals surface area contributed by atoms with Crippen LogP contribution in [0.3, 0.4) is 0 Å². The first-order valence-corrected chi connectivity index (χ1v) is 6.58. The maximum atomic E-state index is 10.9. The number of anilines is 1. The van der Waals surface area contributed by atoms with E-state index in [0.29, 0.717) is 6.54 Å². The molecule has 0 saturated heterocycles. The first-order valence-electron chi connectivity index (χ1n) is 5.38. The van der Waals surface area contributed by atoms with Crippen LogP contribution in [-0.2, 0) is 6.54 Å². The highest BCUT2D eigenvalue weighted by molar-refractivity contribution is 7.16. The zero-order valence-electron chi connectivity index (χ0n) is 9.74. The lowest BCUT2D eigenvalue weighted by atomic mass is 10.1. The summed E-state index contributed by atoms with van der Waals surface area (Å²) in [6, 6.07) is 8.85. The summed E-state index contributed by atoms with van der Waals surface area (Å²) in [5, 5.41) is 12.2. The van der Waals surface area contributed by atoms with Crippen LogP contribution in [0.25, 0.3) is 0 Å². The van der Waals surface area contributed by atoms with Crippen LogP contribution in [0, 0.1) is 6.92 Å². The van der Waals surface area contributed by atoms with Crippen molar-refractivity contribution >= 4 is 34.6 Å². The molecule has 0 saturated carbocycles. The Labute approximate surface area is 114 Å². The van der Waals surface area contributed by atoms with E-state index in [1.54, 1.807) is 18.2 Å². The number of hydrogen-bond donors (Lipinski definition) is 2. The molecule has 94 valence electrons. The van der Waals surface area contributed by atoms with Gasteiger partial charge in [0.15, 0.2) is 0 Å². The van der Waals surface area contributed by atoms with Crippen molar-refractivity contribution in [2.45, 2.75) is 13.5 Å². The van der Waals surface area contributed by atoms with E-state index < -0.39 is 5.97 Å². The van der Waals surface area contributed by atoms with Crippen LogP contribution in [0.1, 0.15) is 20.8 Å². The van der Waals surface area contributed by atoms with Crippen molar-refractivity contribution in [2.24, 2.45) is 0 Å². The molecular weight excluding hydrogens is 270 g/mol. The van der Waals surface area contributed by atoms with Crippen LogP contribution in [0.2, 0.25) is 4.34 Å². The summed E-state index contributed by atoms with van der Waals surface area (Å²) in [4.78, 5) is 12.0. The zero-order valence-corrected chi connectivity index (χ0v) is 11.3. The van der Waals surface area contributed by atoms with Crippen LogP contribution >= 0.6 is 22.9 Å². The van der Waals surface area contributed by atoms with Crippen molar-refractivity contribution < 1.29 is 9.90 Å². The number of carboxylic acids is 1. The summed E-state index contributed by atoms with van der Waals surface area (Å²) in [6.07, 6.45) is 0. The molecule has 2 aromatic rings. The van der Waals surface area contributed by atoms with Gasteiger partial charge in [0.05, 0.1) is 9.90 Å². The summed E-state index contributed by atoms with van der Waals surface area (Å²) in [5.41, 5.74) is 2.13. The predicted molar refractivity (Wildman–Crippen MR) is 74.8 cm³/mol. The number of hydrogen-bond acceptors (Lipinski definition) is 3. The average molecular weight is 282 g/mol. The van der Waals surface area contributed by atoms with E-state index in [2.05, 4.69) is 5.32 Å². The number of nitrogens with one attached hydrogen (secondary N) is 1. The summed E-state index contributed by atoms with van der Waals surface area (Å²) in [7, 11) is 0. The van der Waals surface area contributed by atoms with Gasteiger partial charge in [-0.2, -0.15) is 0 Å². The fraction of sp³-hybridized carbons (Fsp3) is 0.154. The maximum absolute atomic E-state index is 10.9. The third-order valence-electron chi connectivity index (χ3n) is 2.57. The molecule has 2 rings (SSSR count). The molecular formula is C13H12ClNO2S. The minimum Gasteiger partial charge on any atom is -0.478 e. The molecule has 1 aromatic heterocycles. The van der Waals surface area contributed by atoms with Gasteiger partial charge in [-0.1, -0.05) is 17.7 Å². The highest BCUT2D eigenvalue weighted by atomic mass is 35.5. The molecule has 1 aromatic carbocycles. The largest absolute Gasteiger partial charge is 0.478 e. The van der Waals surface area contributed by atoms with E-state index in [4.69, 9.17) is 16.7 Å². The van der Waals surface area contributed by atoms with Gasteiger partial charge >= 0.3 is 5.97 Å². The molecule has 2 N–H and O–H groups in total. The van der Waals surface area contributed by atoms with Gasteiger partial charge in [-0.05, 0) is 36.8 Å². The number of benzene rings is 1. The Balaban J connectivity index is 2.13. The molecule has 0 fully saturated rings. The smallest absolute Gasteiger partial charge is 0.335 e. The topological polar surface area (TPSA) is 49.3 Å². The normalized spacial score (nSPS) is 10.3. The van der Waals surface area contributed by atoms with Crippen molar-refractivity contribution in [1.82, 2.24) is 0 Å². The molecule has 0 aliphatic carbocycles. The van der Waals surface area contributed by atoms with Crippen molar-refractivity contribution in [3.05, 3.63) is 50.7 Å². The third kappa shape index (κ3) is 3.03. The molecule has 0 radical (unpaired) electrons. The Hall–Kier alpha value is -1.52. The molecule has 0 amide bonds. The van der Waals surface area contributed by atoms with Gasteiger partial charge in [0, 0.05) is 17.1 Å². The molecule has 5 heteroatoms. The van der Waals surface area contributed by atoms with Crippen molar-refractivity contribution in [3.63, 3.8) is 0 Å². The second-order valence-electron chi connectivity index (χ2n) is 3.89. The van der Waals surface area contributed by atoms with Gasteiger partial charge in [0.1, 0.15) is 0 Å². The highest BCUT2D eigenvalue weighted by Crippen LogP contribution is 2.23. The number of carboxylic acid groups (broad SMARTS) is 1. The van der Waals surface area contributed by atoms with Crippen LogP contribution < -0.4 is 5.32 Å². The Morgan fingerprint density at radius 2 is 2.17 bits per heavy atom. The van der Waals surface area contributed by atoms with Crippen LogP contribution in [0.15, 0.2) is 30.3 Å². The van der Waals surface area contributed by atoms with E-state index in [0.717, 1.165) is 20.5 Å². The second kappa shape index (κ2) is 5.42. The fourth-order valence-corrected chi connectivity index (χ4v) is 2.60. The van der Waals surface area contributed by atoms with Gasteiger partial charge < -0.3 is 10.4 Å². The minimum absolute atomic E-state index is 0.285. The van der Waals surface area contributed by atoms with Crippen molar-refractivity contribution in [2.75, 3.05) is 5.32 Å². The van der Waals surface area contributed by atoms with Gasteiger partial charge in [0.2, 0.25) is 0 Å². The predicted octanol–water partition coefficient (Wildman–Crippen LogP) is 4.02. The van der Waals surface area contributed by atoms with Crippen LogP contribution in [0.5, 0.6) is 0 Å². The lowest BCUT2D eigenvalue weighted by Gasteiger charge is -2.09. The van der Waals surface area contributed by atoms with E-state index in [1.165, 1.54) is 11.3 Å². The number of aryl methyl sites for hydroxylation is 1. The Bertz CT molecular complexity index is 580. The molecule has 3 nitrogen and oxygen atoms in total. The fourth-order valence-electron chi connectivity index (χ4n) is 1.57. The third-order valence-corrected chi connectivity index (χ3v) is 3.80. The minimum atomic E-state index is -0.919. The Morgan fingerprint density at radius 1 is 1.39 bits per heavy atom. The van der Waals surface area contributed by atoms with Gasteiger partial charge in [-0.15, -0.1) is 11.3 Å². The monoisotopic (exact) mass is 281 g/mol. The summed E-state index contributed by atoms with van der Waals surface area (Å²) in [6.45, 7) is 2.58. The van der Waals surface area contributed by atoms with E-state index in [9.17, 15) is 4.79 Å². The lowest BCUT2D eigenvalue weighted by Crippen LogP contribution is -2.02. The van der Waals surface area contributed by atoms with Crippen molar-refractivity contribution in [1.29, 1.82) is 0 Å².